The second-order valence-electron chi connectivity index (χ2n) is 6.32. The van der Waals surface area contributed by atoms with Crippen LogP contribution in [0.25, 0.3) is 0 Å². The molecule has 2 atom stereocenters. The summed E-state index contributed by atoms with van der Waals surface area (Å²) in [5, 5.41) is 7.07. The maximum absolute atomic E-state index is 12.1. The van der Waals surface area contributed by atoms with Crippen molar-refractivity contribution < 1.29 is 14.1 Å². The van der Waals surface area contributed by atoms with Crippen molar-refractivity contribution in [3.8, 4) is 0 Å². The summed E-state index contributed by atoms with van der Waals surface area (Å²) in [4.78, 5) is 18.8. The van der Waals surface area contributed by atoms with Crippen LogP contribution in [-0.2, 0) is 9.53 Å². The van der Waals surface area contributed by atoms with Crippen molar-refractivity contribution in [1.29, 1.82) is 0 Å². The molecule has 1 amide bonds. The summed E-state index contributed by atoms with van der Waals surface area (Å²) >= 11 is 0. The zero-order valence-corrected chi connectivity index (χ0v) is 13.2. The van der Waals surface area contributed by atoms with Gasteiger partial charge >= 0.3 is 0 Å². The molecule has 0 radical (unpaired) electrons. The third-order valence-corrected chi connectivity index (χ3v) is 4.22. The van der Waals surface area contributed by atoms with Crippen LogP contribution in [0.15, 0.2) is 4.52 Å². The van der Waals surface area contributed by atoms with Crippen LogP contribution in [0.5, 0.6) is 0 Å². The summed E-state index contributed by atoms with van der Waals surface area (Å²) in [5.74, 6) is 1.98. The zero-order chi connectivity index (χ0) is 15.5. The Morgan fingerprint density at radius 1 is 1.50 bits per heavy atom. The number of hydrogen-bond acceptors (Lipinski definition) is 6. The van der Waals surface area contributed by atoms with E-state index in [0.717, 1.165) is 43.9 Å². The Morgan fingerprint density at radius 2 is 2.32 bits per heavy atom. The standard InChI is InChI=1S/C15H24N4O3/c1-10(9-21-2)16-13(20)8-19-7-3-4-12(19)14-17-15(22-18-14)11-5-6-11/h10-12H,3-9H2,1-2H3,(H,16,20)/t10-,12+/m1/s1. The number of ether oxygens (including phenoxy) is 1. The summed E-state index contributed by atoms with van der Waals surface area (Å²) in [5.41, 5.74) is 0. The Labute approximate surface area is 130 Å². The molecule has 2 fully saturated rings. The molecule has 7 heteroatoms. The van der Waals surface area contributed by atoms with E-state index < -0.39 is 0 Å². The molecule has 2 heterocycles. The monoisotopic (exact) mass is 308 g/mol. The molecule has 0 bridgehead atoms. The van der Waals surface area contributed by atoms with E-state index in [1.165, 1.54) is 0 Å². The van der Waals surface area contributed by atoms with Gasteiger partial charge in [0.1, 0.15) is 0 Å². The summed E-state index contributed by atoms with van der Waals surface area (Å²) < 4.78 is 10.4. The normalized spacial score (nSPS) is 23.6. The highest BCUT2D eigenvalue weighted by molar-refractivity contribution is 5.78. The summed E-state index contributed by atoms with van der Waals surface area (Å²) in [7, 11) is 1.63. The van der Waals surface area contributed by atoms with Gasteiger partial charge in [0.15, 0.2) is 5.82 Å². The number of aromatic nitrogens is 2. The Balaban J connectivity index is 1.56. The smallest absolute Gasteiger partial charge is 0.234 e. The van der Waals surface area contributed by atoms with Crippen LogP contribution in [0.3, 0.4) is 0 Å². The van der Waals surface area contributed by atoms with Gasteiger partial charge in [0, 0.05) is 19.1 Å². The topological polar surface area (TPSA) is 80.5 Å². The van der Waals surface area contributed by atoms with Crippen molar-refractivity contribution in [3.05, 3.63) is 11.7 Å². The lowest BCUT2D eigenvalue weighted by Gasteiger charge is -2.22. The number of methoxy groups -OCH3 is 1. The molecule has 0 aromatic carbocycles. The van der Waals surface area contributed by atoms with Crippen LogP contribution < -0.4 is 5.32 Å². The van der Waals surface area contributed by atoms with Gasteiger partial charge in [-0.2, -0.15) is 4.98 Å². The van der Waals surface area contributed by atoms with Gasteiger partial charge in [-0.1, -0.05) is 5.16 Å². The summed E-state index contributed by atoms with van der Waals surface area (Å²) in [6.07, 6.45) is 4.33. The summed E-state index contributed by atoms with van der Waals surface area (Å²) in [6.45, 7) is 3.71. The molecular weight excluding hydrogens is 284 g/mol. The molecule has 1 saturated heterocycles. The highest BCUT2D eigenvalue weighted by Crippen LogP contribution is 2.40. The molecule has 2 aliphatic rings. The van der Waals surface area contributed by atoms with Crippen LogP contribution >= 0.6 is 0 Å². The van der Waals surface area contributed by atoms with Crippen molar-refractivity contribution in [3.63, 3.8) is 0 Å². The number of carbonyl (C=O) groups excluding carboxylic acids is 1. The van der Waals surface area contributed by atoms with Crippen molar-refractivity contribution in [2.75, 3.05) is 26.8 Å². The van der Waals surface area contributed by atoms with Crippen LogP contribution in [0.4, 0.5) is 0 Å². The number of nitrogens with one attached hydrogen (secondary N) is 1. The van der Waals surface area contributed by atoms with Crippen molar-refractivity contribution in [2.24, 2.45) is 0 Å². The molecule has 22 heavy (non-hydrogen) atoms. The minimum atomic E-state index is 0.0161. The van der Waals surface area contributed by atoms with E-state index in [0.29, 0.717) is 19.1 Å². The Morgan fingerprint density at radius 3 is 3.05 bits per heavy atom. The van der Waals surface area contributed by atoms with Crippen LogP contribution in [-0.4, -0.2) is 53.8 Å². The van der Waals surface area contributed by atoms with Gasteiger partial charge in [-0.3, -0.25) is 9.69 Å². The average molecular weight is 308 g/mol. The second kappa shape index (κ2) is 6.75. The van der Waals surface area contributed by atoms with Gasteiger partial charge in [-0.15, -0.1) is 0 Å². The van der Waals surface area contributed by atoms with E-state index in [9.17, 15) is 4.79 Å². The van der Waals surface area contributed by atoms with Gasteiger partial charge in [0.25, 0.3) is 0 Å². The Hall–Kier alpha value is -1.47. The number of hydrogen-bond donors (Lipinski definition) is 1. The fourth-order valence-electron chi connectivity index (χ4n) is 2.98. The predicted molar refractivity (Wildman–Crippen MR) is 79.3 cm³/mol. The summed E-state index contributed by atoms with van der Waals surface area (Å²) in [6, 6.07) is 0.116. The molecule has 7 nitrogen and oxygen atoms in total. The highest BCUT2D eigenvalue weighted by Gasteiger charge is 2.34. The van der Waals surface area contributed by atoms with Crippen molar-refractivity contribution in [1.82, 2.24) is 20.4 Å². The molecule has 122 valence electrons. The van der Waals surface area contributed by atoms with Crippen LogP contribution in [0.1, 0.15) is 56.3 Å². The molecule has 1 aromatic heterocycles. The third-order valence-electron chi connectivity index (χ3n) is 4.22. The lowest BCUT2D eigenvalue weighted by atomic mass is 10.2. The molecule has 1 aliphatic heterocycles. The predicted octanol–water partition coefficient (Wildman–Crippen LogP) is 1.23. The van der Waals surface area contributed by atoms with Crippen molar-refractivity contribution >= 4 is 5.91 Å². The lowest BCUT2D eigenvalue weighted by Crippen LogP contribution is -2.42. The quantitative estimate of drug-likeness (QED) is 0.816. The minimum absolute atomic E-state index is 0.0161. The van der Waals surface area contributed by atoms with E-state index in [2.05, 4.69) is 20.4 Å². The number of likely N-dealkylation sites (tertiary alicyclic amines) is 1. The fraction of sp³-hybridized carbons (Fsp3) is 0.800. The zero-order valence-electron chi connectivity index (χ0n) is 13.2. The van der Waals surface area contributed by atoms with E-state index in [1.54, 1.807) is 7.11 Å². The highest BCUT2D eigenvalue weighted by atomic mass is 16.5. The molecule has 0 spiro atoms. The first-order valence-corrected chi connectivity index (χ1v) is 8.03. The van der Waals surface area contributed by atoms with Gasteiger partial charge < -0.3 is 14.6 Å². The van der Waals surface area contributed by atoms with Crippen molar-refractivity contribution in [2.45, 2.75) is 50.6 Å². The van der Waals surface area contributed by atoms with E-state index in [4.69, 9.17) is 9.26 Å². The SMILES string of the molecule is COC[C@@H](C)NC(=O)CN1CCC[C@H]1c1noc(C2CC2)n1. The third kappa shape index (κ3) is 3.64. The molecule has 1 saturated carbocycles. The first-order valence-electron chi connectivity index (χ1n) is 8.03. The average Bonchev–Trinajstić information content (AvgIpc) is 3.03. The largest absolute Gasteiger partial charge is 0.383 e. The fourth-order valence-corrected chi connectivity index (χ4v) is 2.98. The van der Waals surface area contributed by atoms with Crippen LogP contribution in [0.2, 0.25) is 0 Å². The molecule has 1 aromatic rings. The van der Waals surface area contributed by atoms with Gasteiger partial charge in [-0.05, 0) is 39.2 Å². The van der Waals surface area contributed by atoms with Gasteiger partial charge in [-0.25, -0.2) is 0 Å². The molecule has 0 unspecified atom stereocenters. The maximum atomic E-state index is 12.1. The Kier molecular flexibility index (Phi) is 4.73. The Bertz CT molecular complexity index is 515. The molecule has 1 N–H and O–H groups in total. The van der Waals surface area contributed by atoms with Gasteiger partial charge in [0.05, 0.1) is 19.2 Å². The first-order chi connectivity index (χ1) is 10.7. The second-order valence-corrected chi connectivity index (χ2v) is 6.32. The number of carbonyl (C=O) groups is 1. The maximum Gasteiger partial charge on any atom is 0.234 e. The lowest BCUT2D eigenvalue weighted by molar-refractivity contribution is -0.123. The number of nitrogens with zero attached hydrogens (tertiary/aromatic N) is 3. The minimum Gasteiger partial charge on any atom is -0.383 e. The van der Waals surface area contributed by atoms with Gasteiger partial charge in [0.2, 0.25) is 11.8 Å². The number of amides is 1. The van der Waals surface area contributed by atoms with E-state index in [-0.39, 0.29) is 18.0 Å². The molecular formula is C15H24N4O3. The van der Waals surface area contributed by atoms with E-state index in [1.807, 2.05) is 6.92 Å². The molecule has 1 aliphatic carbocycles. The molecule has 3 rings (SSSR count). The number of rotatable bonds is 7. The first kappa shape index (κ1) is 15.4. The van der Waals surface area contributed by atoms with E-state index >= 15 is 0 Å². The van der Waals surface area contributed by atoms with Crippen LogP contribution in [0, 0.1) is 0 Å².